The van der Waals surface area contributed by atoms with Crippen LogP contribution in [-0.4, -0.2) is 22.2 Å². The number of nitrogens with one attached hydrogen (secondary N) is 1. The van der Waals surface area contributed by atoms with E-state index in [2.05, 4.69) is 43.1 Å². The zero-order valence-corrected chi connectivity index (χ0v) is 10.3. The molecular formula is C8H7IN4S. The first-order chi connectivity index (χ1) is 6.79. The zero-order chi connectivity index (χ0) is 9.97. The third-order valence-electron chi connectivity index (χ3n) is 1.61. The minimum atomic E-state index is 0.826. The number of rotatable bonds is 2. The number of halogens is 1. The molecule has 6 heteroatoms. The lowest BCUT2D eigenvalue weighted by molar-refractivity contribution is 1.09. The quantitative estimate of drug-likeness (QED) is 0.682. The van der Waals surface area contributed by atoms with Crippen molar-refractivity contribution < 1.29 is 0 Å². The van der Waals surface area contributed by atoms with E-state index in [0.717, 1.165) is 19.4 Å². The van der Waals surface area contributed by atoms with Crippen LogP contribution in [0.5, 0.6) is 0 Å². The highest BCUT2D eigenvalue weighted by Gasteiger charge is 2.05. The predicted molar refractivity (Wildman–Crippen MR) is 65.4 cm³/mol. The summed E-state index contributed by atoms with van der Waals surface area (Å²) in [6.07, 6.45) is 1.78. The molecule has 0 bridgehead atoms. The third kappa shape index (κ3) is 2.01. The van der Waals surface area contributed by atoms with Gasteiger partial charge in [0, 0.05) is 18.8 Å². The van der Waals surface area contributed by atoms with E-state index in [9.17, 15) is 0 Å². The molecule has 0 spiro atoms. The maximum absolute atomic E-state index is 4.12. The van der Waals surface area contributed by atoms with E-state index in [1.54, 1.807) is 6.20 Å². The van der Waals surface area contributed by atoms with Gasteiger partial charge in [-0.05, 0) is 34.7 Å². The first-order valence-electron chi connectivity index (χ1n) is 3.93. The lowest BCUT2D eigenvalue weighted by atomic mass is 10.3. The Bertz CT molecular complexity index is 442. The zero-order valence-electron chi connectivity index (χ0n) is 7.36. The largest absolute Gasteiger partial charge is 0.363 e. The Labute approximate surface area is 98.9 Å². The molecule has 0 fully saturated rings. The molecule has 1 N–H and O–H groups in total. The maximum atomic E-state index is 4.12. The predicted octanol–water partition coefficient (Wildman–Crippen LogP) is 2.25. The lowest BCUT2D eigenvalue weighted by Gasteiger charge is -1.94. The average molecular weight is 318 g/mol. The van der Waals surface area contributed by atoms with Gasteiger partial charge >= 0.3 is 0 Å². The molecule has 0 atom stereocenters. The van der Waals surface area contributed by atoms with Crippen LogP contribution in [-0.2, 0) is 0 Å². The van der Waals surface area contributed by atoms with Crippen LogP contribution in [0.15, 0.2) is 18.3 Å². The van der Waals surface area contributed by atoms with Crippen LogP contribution in [0, 0.1) is 3.70 Å². The number of nitrogens with zero attached hydrogens (tertiary/aromatic N) is 3. The van der Waals surface area contributed by atoms with Gasteiger partial charge in [0.15, 0.2) is 0 Å². The van der Waals surface area contributed by atoms with E-state index >= 15 is 0 Å². The monoisotopic (exact) mass is 318 g/mol. The molecule has 0 aliphatic heterocycles. The second-order valence-electron chi connectivity index (χ2n) is 2.53. The van der Waals surface area contributed by atoms with Gasteiger partial charge in [-0.2, -0.15) is 0 Å². The molecule has 0 amide bonds. The van der Waals surface area contributed by atoms with Crippen molar-refractivity contribution >= 4 is 39.1 Å². The van der Waals surface area contributed by atoms with E-state index < -0.39 is 0 Å². The molecule has 0 aliphatic carbocycles. The Morgan fingerprint density at radius 3 is 2.93 bits per heavy atom. The molecule has 0 unspecified atom stereocenters. The van der Waals surface area contributed by atoms with Crippen molar-refractivity contribution in [2.75, 3.05) is 12.4 Å². The fourth-order valence-electron chi connectivity index (χ4n) is 0.976. The summed E-state index contributed by atoms with van der Waals surface area (Å²) >= 11 is 3.71. The standard InChI is InChI=1S/C8H7IN4S/c1-10-8-13-12-7(14-8)5-2-3-11-6(9)4-5/h2-4H,1H3,(H,10,13). The molecular weight excluding hydrogens is 311 g/mol. The molecule has 72 valence electrons. The smallest absolute Gasteiger partial charge is 0.205 e. The van der Waals surface area contributed by atoms with Crippen molar-refractivity contribution in [1.29, 1.82) is 0 Å². The molecule has 0 aromatic carbocycles. The second kappa shape index (κ2) is 4.18. The van der Waals surface area contributed by atoms with Crippen molar-refractivity contribution in [2.24, 2.45) is 0 Å². The molecule has 2 heterocycles. The molecule has 0 saturated carbocycles. The second-order valence-corrected chi connectivity index (χ2v) is 4.61. The normalized spacial score (nSPS) is 10.1. The molecule has 4 nitrogen and oxygen atoms in total. The number of aromatic nitrogens is 3. The first kappa shape index (κ1) is 9.78. The summed E-state index contributed by atoms with van der Waals surface area (Å²) in [5.74, 6) is 0. The van der Waals surface area contributed by atoms with Gasteiger partial charge in [0.2, 0.25) is 5.13 Å². The van der Waals surface area contributed by atoms with Gasteiger partial charge in [0.05, 0.1) is 0 Å². The van der Waals surface area contributed by atoms with Crippen LogP contribution in [0.2, 0.25) is 0 Å². The third-order valence-corrected chi connectivity index (χ3v) is 3.19. The summed E-state index contributed by atoms with van der Waals surface area (Å²) in [5.41, 5.74) is 1.06. The van der Waals surface area contributed by atoms with E-state index in [1.807, 2.05) is 19.2 Å². The molecule has 0 radical (unpaired) electrons. The number of hydrogen-bond donors (Lipinski definition) is 1. The highest BCUT2D eigenvalue weighted by atomic mass is 127. The van der Waals surface area contributed by atoms with Crippen molar-refractivity contribution in [3.63, 3.8) is 0 Å². The van der Waals surface area contributed by atoms with Crippen molar-refractivity contribution in [1.82, 2.24) is 15.2 Å². The van der Waals surface area contributed by atoms with Gasteiger partial charge in [-0.1, -0.05) is 11.3 Å². The fraction of sp³-hybridized carbons (Fsp3) is 0.125. The molecule has 14 heavy (non-hydrogen) atoms. The fourth-order valence-corrected chi connectivity index (χ4v) is 2.17. The summed E-state index contributed by atoms with van der Waals surface area (Å²) < 4.78 is 0.960. The molecule has 0 saturated heterocycles. The van der Waals surface area contributed by atoms with Crippen LogP contribution in [0.3, 0.4) is 0 Å². The maximum Gasteiger partial charge on any atom is 0.205 e. The summed E-state index contributed by atoms with van der Waals surface area (Å²) in [6, 6.07) is 3.92. The number of hydrogen-bond acceptors (Lipinski definition) is 5. The molecule has 2 aromatic rings. The summed E-state index contributed by atoms with van der Waals surface area (Å²) in [5, 5.41) is 12.7. The van der Waals surface area contributed by atoms with E-state index in [4.69, 9.17) is 0 Å². The van der Waals surface area contributed by atoms with Gasteiger partial charge < -0.3 is 5.32 Å². The van der Waals surface area contributed by atoms with Crippen molar-refractivity contribution in [2.45, 2.75) is 0 Å². The average Bonchev–Trinajstić information content (AvgIpc) is 2.66. The summed E-state index contributed by atoms with van der Waals surface area (Å²) in [6.45, 7) is 0. The van der Waals surface area contributed by atoms with Crippen LogP contribution in [0.4, 0.5) is 5.13 Å². The van der Waals surface area contributed by atoms with E-state index in [-0.39, 0.29) is 0 Å². The highest BCUT2D eigenvalue weighted by molar-refractivity contribution is 14.1. The lowest BCUT2D eigenvalue weighted by Crippen LogP contribution is -1.84. The summed E-state index contributed by atoms with van der Waals surface area (Å²) in [7, 11) is 1.83. The van der Waals surface area contributed by atoms with Crippen LogP contribution < -0.4 is 5.32 Å². The Balaban J connectivity index is 2.39. The van der Waals surface area contributed by atoms with Gasteiger partial charge in [-0.25, -0.2) is 0 Å². The molecule has 2 rings (SSSR count). The first-order valence-corrected chi connectivity index (χ1v) is 5.82. The molecule has 0 aliphatic rings. The van der Waals surface area contributed by atoms with Gasteiger partial charge in [-0.3, -0.25) is 4.98 Å². The highest BCUT2D eigenvalue weighted by Crippen LogP contribution is 2.26. The van der Waals surface area contributed by atoms with Crippen LogP contribution in [0.25, 0.3) is 10.6 Å². The Hall–Kier alpha value is -0.760. The minimum Gasteiger partial charge on any atom is -0.363 e. The molecule has 2 aromatic heterocycles. The Morgan fingerprint density at radius 1 is 1.43 bits per heavy atom. The Morgan fingerprint density at radius 2 is 2.29 bits per heavy atom. The number of anilines is 1. The minimum absolute atomic E-state index is 0.826. The van der Waals surface area contributed by atoms with Crippen molar-refractivity contribution in [3.8, 4) is 10.6 Å². The van der Waals surface area contributed by atoms with Crippen molar-refractivity contribution in [3.05, 3.63) is 22.0 Å². The van der Waals surface area contributed by atoms with E-state index in [0.29, 0.717) is 0 Å². The van der Waals surface area contributed by atoms with Gasteiger partial charge in [-0.15, -0.1) is 10.2 Å². The number of pyridine rings is 1. The van der Waals surface area contributed by atoms with Gasteiger partial charge in [0.25, 0.3) is 0 Å². The van der Waals surface area contributed by atoms with E-state index in [1.165, 1.54) is 11.3 Å². The topological polar surface area (TPSA) is 50.7 Å². The van der Waals surface area contributed by atoms with Gasteiger partial charge in [0.1, 0.15) is 8.71 Å². The summed E-state index contributed by atoms with van der Waals surface area (Å²) in [4.78, 5) is 4.12. The van der Waals surface area contributed by atoms with Crippen LogP contribution in [0.1, 0.15) is 0 Å². The van der Waals surface area contributed by atoms with Crippen LogP contribution >= 0.6 is 33.9 Å². The SMILES string of the molecule is CNc1nnc(-c2ccnc(I)c2)s1. The Kier molecular flexibility index (Phi) is 2.92.